The second-order valence-electron chi connectivity index (χ2n) is 18.5. The monoisotopic (exact) mass is 861 g/mol. The SMILES string of the molecule is CCCCCCCC/C=C\CCCCCCCC(=O)OC(COC(=O)CCCCCCCC)COC(=O)CCCCCCCCCCCCCCCCCCCCCCCC. The first kappa shape index (κ1) is 59.1. The van der Waals surface area contributed by atoms with E-state index in [0.717, 1.165) is 64.2 Å². The minimum atomic E-state index is -0.766. The third-order valence-electron chi connectivity index (χ3n) is 12.3. The Morgan fingerprint density at radius 3 is 0.820 bits per heavy atom. The van der Waals surface area contributed by atoms with Crippen LogP contribution in [-0.2, 0) is 28.6 Å². The molecule has 0 aromatic rings. The maximum Gasteiger partial charge on any atom is 0.306 e. The van der Waals surface area contributed by atoms with Gasteiger partial charge in [0.25, 0.3) is 0 Å². The van der Waals surface area contributed by atoms with Crippen LogP contribution in [-0.4, -0.2) is 37.2 Å². The van der Waals surface area contributed by atoms with Crippen LogP contribution < -0.4 is 0 Å². The van der Waals surface area contributed by atoms with Gasteiger partial charge in [-0.05, 0) is 44.9 Å². The molecule has 1 atom stereocenters. The summed E-state index contributed by atoms with van der Waals surface area (Å²) in [5.74, 6) is -0.870. The molecular formula is C55H104O6. The molecule has 0 saturated carbocycles. The molecule has 0 radical (unpaired) electrons. The Kier molecular flexibility index (Phi) is 49.3. The number of ether oxygens (including phenoxy) is 3. The van der Waals surface area contributed by atoms with Crippen molar-refractivity contribution in [2.75, 3.05) is 13.2 Å². The van der Waals surface area contributed by atoms with Crippen molar-refractivity contribution in [3.8, 4) is 0 Å². The number of carbonyl (C=O) groups is 3. The summed E-state index contributed by atoms with van der Waals surface area (Å²) in [4.78, 5) is 37.8. The van der Waals surface area contributed by atoms with Crippen LogP contribution in [0.2, 0.25) is 0 Å². The van der Waals surface area contributed by atoms with Crippen LogP contribution in [0.25, 0.3) is 0 Å². The van der Waals surface area contributed by atoms with Crippen molar-refractivity contribution in [3.63, 3.8) is 0 Å². The van der Waals surface area contributed by atoms with Crippen molar-refractivity contribution < 1.29 is 28.6 Å². The summed E-state index contributed by atoms with van der Waals surface area (Å²) in [5, 5.41) is 0. The maximum absolute atomic E-state index is 12.7. The normalized spacial score (nSPS) is 12.0. The molecule has 0 rings (SSSR count). The molecule has 1 unspecified atom stereocenters. The minimum Gasteiger partial charge on any atom is -0.462 e. The molecule has 6 heteroatoms. The Hall–Kier alpha value is -1.85. The fraction of sp³-hybridized carbons (Fsp3) is 0.909. The van der Waals surface area contributed by atoms with Crippen molar-refractivity contribution in [3.05, 3.63) is 12.2 Å². The number of hydrogen-bond donors (Lipinski definition) is 0. The topological polar surface area (TPSA) is 78.9 Å². The van der Waals surface area contributed by atoms with Gasteiger partial charge in [0.15, 0.2) is 6.10 Å². The van der Waals surface area contributed by atoms with Crippen LogP contribution >= 0.6 is 0 Å². The first-order valence-corrected chi connectivity index (χ1v) is 27.2. The van der Waals surface area contributed by atoms with Gasteiger partial charge < -0.3 is 14.2 Å². The van der Waals surface area contributed by atoms with Gasteiger partial charge in [-0.25, -0.2) is 0 Å². The average molecular weight is 861 g/mol. The summed E-state index contributed by atoms with van der Waals surface area (Å²) in [5.41, 5.74) is 0. The van der Waals surface area contributed by atoms with Crippen LogP contribution in [0.15, 0.2) is 12.2 Å². The fourth-order valence-corrected chi connectivity index (χ4v) is 8.14. The zero-order chi connectivity index (χ0) is 44.4. The highest BCUT2D eigenvalue weighted by atomic mass is 16.6. The molecule has 61 heavy (non-hydrogen) atoms. The molecule has 0 N–H and O–H groups in total. The predicted molar refractivity (Wildman–Crippen MR) is 261 cm³/mol. The van der Waals surface area contributed by atoms with Crippen LogP contribution in [0.4, 0.5) is 0 Å². The lowest BCUT2D eigenvalue weighted by molar-refractivity contribution is -0.167. The first-order valence-electron chi connectivity index (χ1n) is 27.2. The van der Waals surface area contributed by atoms with Gasteiger partial charge in [-0.2, -0.15) is 0 Å². The van der Waals surface area contributed by atoms with E-state index >= 15 is 0 Å². The van der Waals surface area contributed by atoms with E-state index in [4.69, 9.17) is 14.2 Å². The van der Waals surface area contributed by atoms with Crippen molar-refractivity contribution in [2.45, 2.75) is 309 Å². The lowest BCUT2D eigenvalue weighted by atomic mass is 10.0. The van der Waals surface area contributed by atoms with Gasteiger partial charge in [-0.3, -0.25) is 14.4 Å². The van der Waals surface area contributed by atoms with Crippen LogP contribution in [0.5, 0.6) is 0 Å². The number of carbonyl (C=O) groups excluding carboxylic acids is 3. The molecule has 0 aromatic heterocycles. The largest absolute Gasteiger partial charge is 0.462 e. The van der Waals surface area contributed by atoms with E-state index in [1.807, 2.05) is 0 Å². The van der Waals surface area contributed by atoms with Crippen molar-refractivity contribution in [1.29, 1.82) is 0 Å². The first-order chi connectivity index (χ1) is 30.0. The Morgan fingerprint density at radius 1 is 0.311 bits per heavy atom. The van der Waals surface area contributed by atoms with E-state index in [-0.39, 0.29) is 31.1 Å². The number of rotatable bonds is 50. The number of allylic oxidation sites excluding steroid dienone is 2. The van der Waals surface area contributed by atoms with Crippen LogP contribution in [0, 0.1) is 0 Å². The third-order valence-corrected chi connectivity index (χ3v) is 12.3. The summed E-state index contributed by atoms with van der Waals surface area (Å²) < 4.78 is 16.7. The molecule has 0 saturated heterocycles. The molecule has 0 fully saturated rings. The summed E-state index contributed by atoms with van der Waals surface area (Å²) in [6, 6.07) is 0. The van der Waals surface area contributed by atoms with Crippen molar-refractivity contribution >= 4 is 17.9 Å². The smallest absolute Gasteiger partial charge is 0.306 e. The lowest BCUT2D eigenvalue weighted by Crippen LogP contribution is -2.30. The highest BCUT2D eigenvalue weighted by molar-refractivity contribution is 5.71. The Bertz CT molecular complexity index is 947. The Labute approximate surface area is 380 Å². The highest BCUT2D eigenvalue weighted by Crippen LogP contribution is 2.17. The molecule has 0 bridgehead atoms. The fourth-order valence-electron chi connectivity index (χ4n) is 8.14. The highest BCUT2D eigenvalue weighted by Gasteiger charge is 2.19. The van der Waals surface area contributed by atoms with Gasteiger partial charge in [0.05, 0.1) is 0 Å². The van der Waals surface area contributed by atoms with Gasteiger partial charge in [0.2, 0.25) is 0 Å². The number of esters is 3. The molecule has 0 aromatic carbocycles. The molecule has 0 aliphatic rings. The minimum absolute atomic E-state index is 0.0689. The van der Waals surface area contributed by atoms with E-state index < -0.39 is 6.10 Å². The van der Waals surface area contributed by atoms with Gasteiger partial charge >= 0.3 is 17.9 Å². The number of hydrogen-bond acceptors (Lipinski definition) is 6. The molecule has 6 nitrogen and oxygen atoms in total. The van der Waals surface area contributed by atoms with Gasteiger partial charge in [0.1, 0.15) is 13.2 Å². The molecule has 0 heterocycles. The summed E-state index contributed by atoms with van der Waals surface area (Å²) >= 11 is 0. The van der Waals surface area contributed by atoms with Crippen molar-refractivity contribution in [2.24, 2.45) is 0 Å². The molecule has 0 amide bonds. The Balaban J connectivity index is 4.10. The number of unbranched alkanes of at least 4 members (excludes halogenated alkanes) is 37. The predicted octanol–water partition coefficient (Wildman–Crippen LogP) is 17.8. The quantitative estimate of drug-likeness (QED) is 0.0262. The molecular weight excluding hydrogens is 757 g/mol. The maximum atomic E-state index is 12.7. The third kappa shape index (κ3) is 49.0. The summed E-state index contributed by atoms with van der Waals surface area (Å²) in [6.45, 7) is 6.61. The lowest BCUT2D eigenvalue weighted by Gasteiger charge is -2.18. The second kappa shape index (κ2) is 50.8. The summed E-state index contributed by atoms with van der Waals surface area (Å²) in [7, 11) is 0. The molecule has 360 valence electrons. The molecule has 0 aliphatic heterocycles. The molecule has 0 spiro atoms. The summed E-state index contributed by atoms with van der Waals surface area (Å²) in [6.07, 6.45) is 56.6. The van der Waals surface area contributed by atoms with E-state index in [9.17, 15) is 14.4 Å². The van der Waals surface area contributed by atoms with E-state index in [2.05, 4.69) is 32.9 Å². The van der Waals surface area contributed by atoms with E-state index in [1.165, 1.54) is 199 Å². The zero-order valence-electron chi connectivity index (χ0n) is 41.2. The van der Waals surface area contributed by atoms with Crippen LogP contribution in [0.1, 0.15) is 303 Å². The van der Waals surface area contributed by atoms with Gasteiger partial charge in [-0.15, -0.1) is 0 Å². The standard InChI is InChI=1S/C55H104O6/c1-4-7-10-13-16-18-20-22-24-25-26-27-28-29-30-32-33-35-37-39-42-45-48-54(57)60-51-52(50-59-53(56)47-44-41-15-12-9-6-3)61-55(58)49-46-43-40-38-36-34-31-23-21-19-17-14-11-8-5-2/h23,31,52H,4-22,24-30,32-51H2,1-3H3/b31-23-. The van der Waals surface area contributed by atoms with Crippen molar-refractivity contribution in [1.82, 2.24) is 0 Å². The van der Waals surface area contributed by atoms with Gasteiger partial charge in [0, 0.05) is 19.3 Å². The van der Waals surface area contributed by atoms with E-state index in [0.29, 0.717) is 19.3 Å². The molecule has 0 aliphatic carbocycles. The van der Waals surface area contributed by atoms with E-state index in [1.54, 1.807) is 0 Å². The average Bonchev–Trinajstić information content (AvgIpc) is 3.26. The Morgan fingerprint density at radius 2 is 0.541 bits per heavy atom. The zero-order valence-corrected chi connectivity index (χ0v) is 41.2. The second-order valence-corrected chi connectivity index (χ2v) is 18.5. The van der Waals surface area contributed by atoms with Crippen LogP contribution in [0.3, 0.4) is 0 Å². The van der Waals surface area contributed by atoms with Gasteiger partial charge in [-0.1, -0.05) is 251 Å².